The van der Waals surface area contributed by atoms with Gasteiger partial charge in [-0.05, 0) is 54.7 Å². The molecule has 180 valence electrons. The van der Waals surface area contributed by atoms with Gasteiger partial charge in [0.1, 0.15) is 11.1 Å². The first-order chi connectivity index (χ1) is 17.0. The van der Waals surface area contributed by atoms with Crippen molar-refractivity contribution in [2.45, 2.75) is 37.2 Å². The Balaban J connectivity index is 1.30. The Labute approximate surface area is 209 Å². The van der Waals surface area contributed by atoms with Crippen LogP contribution in [0.25, 0.3) is 0 Å². The summed E-state index contributed by atoms with van der Waals surface area (Å²) < 4.78 is 26.9. The third-order valence-corrected chi connectivity index (χ3v) is 9.59. The number of carbonyl (C=O) groups is 1. The summed E-state index contributed by atoms with van der Waals surface area (Å²) >= 11 is 1.45. The third kappa shape index (κ3) is 4.88. The van der Waals surface area contributed by atoms with E-state index >= 15 is 0 Å². The topological polar surface area (TPSA) is 93.5 Å². The molecule has 0 atom stereocenters. The molecule has 3 aromatic rings. The van der Waals surface area contributed by atoms with E-state index in [9.17, 15) is 18.5 Å². The van der Waals surface area contributed by atoms with E-state index in [2.05, 4.69) is 28.4 Å². The lowest BCUT2D eigenvalue weighted by Gasteiger charge is -2.26. The van der Waals surface area contributed by atoms with Crippen molar-refractivity contribution in [3.63, 3.8) is 0 Å². The lowest BCUT2D eigenvalue weighted by molar-refractivity contribution is 0.102. The maximum atomic E-state index is 12.9. The Morgan fingerprint density at radius 3 is 2.43 bits per heavy atom. The lowest BCUT2D eigenvalue weighted by Crippen LogP contribution is -2.29. The maximum absolute atomic E-state index is 12.9. The predicted molar refractivity (Wildman–Crippen MR) is 136 cm³/mol. The number of fused-ring (bicyclic) bond motifs is 1. The third-order valence-electron chi connectivity index (χ3n) is 6.54. The molecule has 3 heterocycles. The van der Waals surface area contributed by atoms with Crippen molar-refractivity contribution < 1.29 is 13.2 Å². The molecule has 1 amide bonds. The second-order valence-corrected chi connectivity index (χ2v) is 11.9. The second kappa shape index (κ2) is 9.91. The molecule has 0 unspecified atom stereocenters. The van der Waals surface area contributed by atoms with Gasteiger partial charge in [-0.15, -0.1) is 11.3 Å². The number of nitrogens with zero attached hydrogens (tertiary/aromatic N) is 3. The van der Waals surface area contributed by atoms with Crippen molar-refractivity contribution in [3.05, 3.63) is 81.7 Å². The first kappa shape index (κ1) is 23.7. The number of rotatable bonds is 6. The summed E-state index contributed by atoms with van der Waals surface area (Å²) in [5.41, 5.74) is 3.15. The number of nitrogens with one attached hydrogen (secondary N) is 1. The summed E-state index contributed by atoms with van der Waals surface area (Å²) in [6, 6.07) is 18.6. The van der Waals surface area contributed by atoms with Gasteiger partial charge in [-0.2, -0.15) is 9.57 Å². The molecule has 1 fully saturated rings. The molecule has 0 saturated carbocycles. The summed E-state index contributed by atoms with van der Waals surface area (Å²) in [6.07, 6.45) is 2.51. The molecule has 2 aliphatic heterocycles. The summed E-state index contributed by atoms with van der Waals surface area (Å²) in [4.78, 5) is 16.6. The fourth-order valence-electron chi connectivity index (χ4n) is 4.67. The van der Waals surface area contributed by atoms with E-state index < -0.39 is 10.0 Å². The molecule has 0 bridgehead atoms. The molecule has 0 radical (unpaired) electrons. The van der Waals surface area contributed by atoms with Gasteiger partial charge in [-0.25, -0.2) is 8.42 Å². The first-order valence-corrected chi connectivity index (χ1v) is 13.9. The zero-order chi connectivity index (χ0) is 24.4. The van der Waals surface area contributed by atoms with Crippen LogP contribution in [0.3, 0.4) is 0 Å². The summed E-state index contributed by atoms with van der Waals surface area (Å²) in [5.74, 6) is -0.355. The Morgan fingerprint density at radius 1 is 1.03 bits per heavy atom. The normalized spacial score (nSPS) is 16.5. The maximum Gasteiger partial charge on any atom is 0.256 e. The van der Waals surface area contributed by atoms with Crippen LogP contribution in [0.1, 0.15) is 44.8 Å². The van der Waals surface area contributed by atoms with Gasteiger partial charge in [0.2, 0.25) is 10.0 Å². The van der Waals surface area contributed by atoms with Gasteiger partial charge < -0.3 is 5.32 Å². The molecule has 7 nitrogen and oxygen atoms in total. The van der Waals surface area contributed by atoms with Crippen molar-refractivity contribution in [2.75, 3.05) is 25.0 Å². The van der Waals surface area contributed by atoms with Crippen LogP contribution in [0.15, 0.2) is 59.5 Å². The van der Waals surface area contributed by atoms with Crippen LogP contribution in [0, 0.1) is 11.3 Å². The van der Waals surface area contributed by atoms with Crippen molar-refractivity contribution in [1.82, 2.24) is 9.21 Å². The quantitative estimate of drug-likeness (QED) is 0.540. The molecule has 35 heavy (non-hydrogen) atoms. The fourth-order valence-corrected chi connectivity index (χ4v) is 7.42. The van der Waals surface area contributed by atoms with Crippen LogP contribution in [-0.2, 0) is 29.5 Å². The molecule has 1 N–H and O–H groups in total. The van der Waals surface area contributed by atoms with Crippen molar-refractivity contribution in [3.8, 4) is 6.07 Å². The Hall–Kier alpha value is -3.03. The Bertz CT molecular complexity index is 1370. The number of carbonyl (C=O) groups excluding carboxylic acids is 1. The highest BCUT2D eigenvalue weighted by atomic mass is 32.2. The van der Waals surface area contributed by atoms with Crippen molar-refractivity contribution >= 4 is 32.3 Å². The highest BCUT2D eigenvalue weighted by Crippen LogP contribution is 2.37. The van der Waals surface area contributed by atoms with E-state index in [0.717, 1.165) is 49.3 Å². The van der Waals surface area contributed by atoms with E-state index in [4.69, 9.17) is 0 Å². The molecule has 1 saturated heterocycles. The second-order valence-electron chi connectivity index (χ2n) is 8.86. The standard InChI is InChI=1S/C26H26N4O3S2/c27-16-23-22-12-15-29(17-19-6-2-1-3-7-19)18-24(22)34-26(23)28-25(31)20-8-10-21(11-9-20)35(32,33)30-13-4-5-14-30/h1-3,6-11H,4-5,12-15,17-18H2,(H,28,31). The SMILES string of the molecule is N#Cc1c(NC(=O)c2ccc(S(=O)(=O)N3CCCC3)cc2)sc2c1CCN(Cc1ccccc1)C2. The summed E-state index contributed by atoms with van der Waals surface area (Å²) in [7, 11) is -3.52. The van der Waals surface area contributed by atoms with Gasteiger partial charge in [0.25, 0.3) is 5.91 Å². The molecule has 9 heteroatoms. The van der Waals surface area contributed by atoms with Gasteiger partial charge in [-0.3, -0.25) is 9.69 Å². The van der Waals surface area contributed by atoms with Gasteiger partial charge in [0.05, 0.1) is 10.5 Å². The number of nitriles is 1. The molecule has 0 spiro atoms. The average molecular weight is 507 g/mol. The molecule has 2 aliphatic rings. The largest absolute Gasteiger partial charge is 0.312 e. The van der Waals surface area contributed by atoms with Gasteiger partial charge >= 0.3 is 0 Å². The Kier molecular flexibility index (Phi) is 6.71. The predicted octanol–water partition coefficient (Wildman–Crippen LogP) is 4.21. The van der Waals surface area contributed by atoms with Gasteiger partial charge in [0.15, 0.2) is 0 Å². The van der Waals surface area contributed by atoms with E-state index in [0.29, 0.717) is 29.2 Å². The zero-order valence-electron chi connectivity index (χ0n) is 19.2. The number of sulfonamides is 1. The van der Waals surface area contributed by atoms with Crippen LogP contribution < -0.4 is 5.32 Å². The molecule has 2 aromatic carbocycles. The molecule has 5 rings (SSSR count). The van der Waals surface area contributed by atoms with Crippen LogP contribution >= 0.6 is 11.3 Å². The number of hydrogen-bond acceptors (Lipinski definition) is 6. The van der Waals surface area contributed by atoms with Gasteiger partial charge in [-0.1, -0.05) is 30.3 Å². The van der Waals surface area contributed by atoms with E-state index in [1.807, 2.05) is 18.2 Å². The smallest absolute Gasteiger partial charge is 0.256 e. The van der Waals surface area contributed by atoms with Crippen LogP contribution in [0.4, 0.5) is 5.00 Å². The fraction of sp³-hybridized carbons (Fsp3) is 0.308. The van der Waals surface area contributed by atoms with Crippen molar-refractivity contribution in [1.29, 1.82) is 5.26 Å². The zero-order valence-corrected chi connectivity index (χ0v) is 20.9. The minimum atomic E-state index is -3.52. The van der Waals surface area contributed by atoms with Crippen LogP contribution in [-0.4, -0.2) is 43.2 Å². The number of hydrogen-bond donors (Lipinski definition) is 1. The van der Waals surface area contributed by atoms with Crippen LogP contribution in [0.2, 0.25) is 0 Å². The first-order valence-electron chi connectivity index (χ1n) is 11.7. The number of anilines is 1. The van der Waals surface area contributed by atoms with Crippen molar-refractivity contribution in [2.24, 2.45) is 0 Å². The molecule has 0 aliphatic carbocycles. The van der Waals surface area contributed by atoms with Gasteiger partial charge in [0, 0.05) is 43.2 Å². The molecular formula is C26H26N4O3S2. The monoisotopic (exact) mass is 506 g/mol. The number of amides is 1. The van der Waals surface area contributed by atoms with E-state index in [1.54, 1.807) is 0 Å². The minimum Gasteiger partial charge on any atom is -0.312 e. The molecular weight excluding hydrogens is 480 g/mol. The minimum absolute atomic E-state index is 0.193. The van der Waals surface area contributed by atoms with E-state index in [1.165, 1.54) is 45.5 Å². The van der Waals surface area contributed by atoms with Crippen LogP contribution in [0.5, 0.6) is 0 Å². The summed E-state index contributed by atoms with van der Waals surface area (Å²) in [5, 5.41) is 13.2. The number of benzene rings is 2. The Morgan fingerprint density at radius 2 is 1.74 bits per heavy atom. The summed E-state index contributed by atoms with van der Waals surface area (Å²) in [6.45, 7) is 3.51. The van der Waals surface area contributed by atoms with E-state index in [-0.39, 0.29) is 10.8 Å². The lowest BCUT2D eigenvalue weighted by atomic mass is 10.0. The molecule has 1 aromatic heterocycles. The average Bonchev–Trinajstić information content (AvgIpc) is 3.53. The highest BCUT2D eigenvalue weighted by molar-refractivity contribution is 7.89. The number of thiophene rings is 1. The highest BCUT2D eigenvalue weighted by Gasteiger charge is 2.28.